The van der Waals surface area contributed by atoms with E-state index in [4.69, 9.17) is 17.7 Å². The van der Waals surface area contributed by atoms with Gasteiger partial charge in [0.05, 0.1) is 22.1 Å². The predicted molar refractivity (Wildman–Crippen MR) is 387 cm³/mol. The van der Waals surface area contributed by atoms with Crippen molar-refractivity contribution in [1.82, 2.24) is 9.13 Å². The molecule has 0 spiro atoms. The van der Waals surface area contributed by atoms with Gasteiger partial charge in [0, 0.05) is 123 Å². The summed E-state index contributed by atoms with van der Waals surface area (Å²) in [6, 6.07) is 112. The number of rotatable bonds is 10. The summed E-state index contributed by atoms with van der Waals surface area (Å²) in [6.45, 7) is 0. The Morgan fingerprint density at radius 1 is 0.213 bits per heavy atom. The summed E-state index contributed by atoms with van der Waals surface area (Å²) >= 11 is 0. The Bertz CT molecular complexity index is 5960. The molecule has 0 radical (unpaired) electrons. The standard InChI is InChI=1S/C86H52N4O4/c1-3-17-57(18-4-1)89-73-45-43-70-69(85(73)71-41-37-61(49-75(71)89)87(63-35-39-67-65-21-9-13-25-79(65)93-83(67)51-63)59-31-27-53(28-32-59)81-47-55-15-7-11-23-77(55)91-81)44-46-74-86(70)72-42-38-62(50-76(72)90(74)58-19-5-2-6-20-58)88(64-36-40-68-66-22-10-14-26-80(66)94-84(68)52-64)60-33-29-54(30-34-60)82-48-56-16-8-12-24-78(56)92-82/h1-52H. The second kappa shape index (κ2) is 20.4. The average molecular weight is 1210 g/mol. The van der Waals surface area contributed by atoms with Crippen LogP contribution >= 0.6 is 0 Å². The summed E-state index contributed by atoms with van der Waals surface area (Å²) in [5.41, 5.74) is 19.6. The van der Waals surface area contributed by atoms with Gasteiger partial charge in [0.2, 0.25) is 0 Å². The van der Waals surface area contributed by atoms with Crippen molar-refractivity contribution in [2.24, 2.45) is 0 Å². The molecule has 8 heteroatoms. The molecule has 0 aliphatic carbocycles. The largest absolute Gasteiger partial charge is 0.456 e. The monoisotopic (exact) mass is 1200 g/mol. The Morgan fingerprint density at radius 2 is 0.553 bits per heavy atom. The van der Waals surface area contributed by atoms with Crippen molar-refractivity contribution in [2.75, 3.05) is 9.80 Å². The zero-order valence-electron chi connectivity index (χ0n) is 50.4. The van der Waals surface area contributed by atoms with E-state index in [1.807, 2.05) is 60.7 Å². The van der Waals surface area contributed by atoms with Crippen LogP contribution in [0.1, 0.15) is 0 Å². The van der Waals surface area contributed by atoms with Crippen molar-refractivity contribution in [1.29, 1.82) is 0 Å². The number of anilines is 6. The van der Waals surface area contributed by atoms with E-state index in [1.54, 1.807) is 0 Å². The predicted octanol–water partition coefficient (Wildman–Crippen LogP) is 24.6. The van der Waals surface area contributed by atoms with E-state index in [2.05, 4.69) is 274 Å². The molecule has 0 unspecified atom stereocenters. The van der Waals surface area contributed by atoms with Crippen LogP contribution in [-0.4, -0.2) is 9.13 Å². The van der Waals surface area contributed by atoms with Crippen molar-refractivity contribution >= 4 is 154 Å². The fourth-order valence-electron chi connectivity index (χ4n) is 14.8. The fraction of sp³-hybridized carbons (Fsp3) is 0. The molecule has 6 aromatic heterocycles. The Labute approximate surface area is 537 Å². The quantitative estimate of drug-likeness (QED) is 0.136. The highest BCUT2D eigenvalue weighted by Crippen LogP contribution is 2.48. The third-order valence-corrected chi connectivity index (χ3v) is 19.1. The van der Waals surface area contributed by atoms with Gasteiger partial charge >= 0.3 is 0 Å². The maximum Gasteiger partial charge on any atom is 0.137 e. The summed E-state index contributed by atoms with van der Waals surface area (Å²) in [5.74, 6) is 1.66. The molecule has 20 rings (SSSR count). The van der Waals surface area contributed by atoms with E-state index < -0.39 is 0 Å². The van der Waals surface area contributed by atoms with E-state index in [1.165, 1.54) is 21.5 Å². The normalized spacial score (nSPS) is 12.0. The lowest BCUT2D eigenvalue weighted by Crippen LogP contribution is -2.10. The van der Waals surface area contributed by atoms with Gasteiger partial charge in [-0.1, -0.05) is 133 Å². The first-order chi connectivity index (χ1) is 46.6. The van der Waals surface area contributed by atoms with Crippen molar-refractivity contribution in [3.63, 3.8) is 0 Å². The molecule has 0 fully saturated rings. The lowest BCUT2D eigenvalue weighted by molar-refractivity contribution is 0.631. The van der Waals surface area contributed by atoms with Gasteiger partial charge < -0.3 is 36.6 Å². The number of furan rings is 4. The average Bonchev–Trinajstić information content (AvgIpc) is 1.54. The number of aromatic nitrogens is 2. The summed E-state index contributed by atoms with van der Waals surface area (Å²) in [6.07, 6.45) is 0. The Kier molecular flexibility index (Phi) is 11.3. The van der Waals surface area contributed by atoms with Gasteiger partial charge in [-0.25, -0.2) is 0 Å². The van der Waals surface area contributed by atoms with Gasteiger partial charge in [-0.3, -0.25) is 0 Å². The molecule has 0 bridgehead atoms. The van der Waals surface area contributed by atoms with Gasteiger partial charge in [0.15, 0.2) is 0 Å². The van der Waals surface area contributed by atoms with Crippen LogP contribution in [0.4, 0.5) is 34.1 Å². The topological polar surface area (TPSA) is 68.9 Å². The number of hydrogen-bond donors (Lipinski definition) is 0. The second-order valence-corrected chi connectivity index (χ2v) is 24.4. The van der Waals surface area contributed by atoms with E-state index in [-0.39, 0.29) is 0 Å². The molecule has 0 N–H and O–H groups in total. The Hall–Kier alpha value is -12.8. The molecule has 0 aliphatic heterocycles. The number of hydrogen-bond acceptors (Lipinski definition) is 6. The third-order valence-electron chi connectivity index (χ3n) is 19.1. The molecule has 14 aromatic carbocycles. The van der Waals surface area contributed by atoms with Crippen molar-refractivity contribution in [3.8, 4) is 34.0 Å². The molecule has 0 amide bonds. The van der Waals surface area contributed by atoms with Crippen molar-refractivity contribution < 1.29 is 17.7 Å². The lowest BCUT2D eigenvalue weighted by atomic mass is 9.99. The van der Waals surface area contributed by atoms with Gasteiger partial charge in [0.25, 0.3) is 0 Å². The highest BCUT2D eigenvalue weighted by molar-refractivity contribution is 6.30. The minimum absolute atomic E-state index is 0.827. The van der Waals surface area contributed by atoms with Crippen LogP contribution in [-0.2, 0) is 0 Å². The SMILES string of the molecule is c1ccc(-n2c3cc(N(c4ccc(-c5cc6ccccc6o5)cc4)c4ccc5c(c4)oc4ccccc45)ccc3c3c4ccc5c(c4ccc32)c2ccc(N(c3ccc(-c4cc6ccccc6o4)cc3)c3ccc4c(c3)oc3ccccc34)cc2n5-c2ccccc2)cc1. The third kappa shape index (κ3) is 8.06. The molecule has 94 heavy (non-hydrogen) atoms. The van der Waals surface area contributed by atoms with Crippen LogP contribution in [0.3, 0.4) is 0 Å². The summed E-state index contributed by atoms with van der Waals surface area (Å²) < 4.78 is 30.8. The molecule has 0 saturated carbocycles. The molecule has 8 nitrogen and oxygen atoms in total. The molecule has 0 aliphatic rings. The highest BCUT2D eigenvalue weighted by Gasteiger charge is 2.25. The molecule has 0 atom stereocenters. The minimum Gasteiger partial charge on any atom is -0.456 e. The first-order valence-corrected chi connectivity index (χ1v) is 31.8. The van der Waals surface area contributed by atoms with Crippen LogP contribution < -0.4 is 9.80 Å². The van der Waals surface area contributed by atoms with Gasteiger partial charge in [-0.2, -0.15) is 0 Å². The van der Waals surface area contributed by atoms with Gasteiger partial charge in [-0.15, -0.1) is 0 Å². The maximum atomic E-state index is 6.58. The van der Waals surface area contributed by atoms with Gasteiger partial charge in [0.1, 0.15) is 45.0 Å². The Balaban J connectivity index is 0.777. The number of fused-ring (bicyclic) bond motifs is 17. The summed E-state index contributed by atoms with van der Waals surface area (Å²) in [5, 5.41) is 13.5. The van der Waals surface area contributed by atoms with E-state index in [0.29, 0.717) is 0 Å². The van der Waals surface area contributed by atoms with Crippen molar-refractivity contribution in [2.45, 2.75) is 0 Å². The Morgan fingerprint density at radius 3 is 0.979 bits per heavy atom. The van der Waals surface area contributed by atoms with E-state index in [0.717, 1.165) is 167 Å². The zero-order chi connectivity index (χ0) is 61.5. The van der Waals surface area contributed by atoms with Crippen molar-refractivity contribution in [3.05, 3.63) is 315 Å². The smallest absolute Gasteiger partial charge is 0.137 e. The van der Waals surface area contributed by atoms with Crippen LogP contribution in [0.5, 0.6) is 0 Å². The summed E-state index contributed by atoms with van der Waals surface area (Å²) in [7, 11) is 0. The molecular formula is C86H52N4O4. The maximum absolute atomic E-state index is 6.58. The minimum atomic E-state index is 0.827. The van der Waals surface area contributed by atoms with Crippen LogP contribution in [0.15, 0.2) is 333 Å². The molecule has 440 valence electrons. The fourth-order valence-corrected chi connectivity index (χ4v) is 14.8. The molecule has 6 heterocycles. The second-order valence-electron chi connectivity index (χ2n) is 24.4. The number of benzene rings is 14. The van der Waals surface area contributed by atoms with Gasteiger partial charge in [-0.05, 0) is 181 Å². The first-order valence-electron chi connectivity index (χ1n) is 31.8. The zero-order valence-corrected chi connectivity index (χ0v) is 50.4. The number of nitrogens with zero attached hydrogens (tertiary/aromatic N) is 4. The molecular weight excluding hydrogens is 1150 g/mol. The first kappa shape index (κ1) is 52.0. The lowest BCUT2D eigenvalue weighted by Gasteiger charge is -2.26. The molecule has 20 aromatic rings. The van der Waals surface area contributed by atoms with E-state index in [9.17, 15) is 0 Å². The van der Waals surface area contributed by atoms with Crippen LogP contribution in [0.2, 0.25) is 0 Å². The molecule has 0 saturated heterocycles. The number of para-hydroxylation sites is 6. The van der Waals surface area contributed by atoms with Crippen LogP contribution in [0, 0.1) is 0 Å². The van der Waals surface area contributed by atoms with Crippen LogP contribution in [0.25, 0.3) is 154 Å². The van der Waals surface area contributed by atoms with E-state index >= 15 is 0 Å². The summed E-state index contributed by atoms with van der Waals surface area (Å²) in [4.78, 5) is 4.68. The highest BCUT2D eigenvalue weighted by atomic mass is 16.3.